The first-order valence-corrected chi connectivity index (χ1v) is 8.44. The average molecular weight is 302 g/mol. The van der Waals surface area contributed by atoms with Gasteiger partial charge in [-0.05, 0) is 58.6 Å². The second kappa shape index (κ2) is 7.19. The van der Waals surface area contributed by atoms with Crippen molar-refractivity contribution in [3.05, 3.63) is 52.0 Å². The Bertz CT molecular complexity index is 540. The maximum Gasteiger partial charge on any atom is 0.0896 e. The van der Waals surface area contributed by atoms with Crippen molar-refractivity contribution in [1.29, 1.82) is 0 Å². The van der Waals surface area contributed by atoms with Gasteiger partial charge in [-0.15, -0.1) is 11.3 Å². The summed E-state index contributed by atoms with van der Waals surface area (Å²) >= 11 is 1.82. The second-order valence-electron chi connectivity index (χ2n) is 6.74. The third-order valence-electron chi connectivity index (χ3n) is 3.45. The molecule has 3 heteroatoms. The Morgan fingerprint density at radius 2 is 1.86 bits per heavy atom. The molecule has 0 saturated heterocycles. The van der Waals surface area contributed by atoms with Crippen molar-refractivity contribution in [2.24, 2.45) is 5.92 Å². The van der Waals surface area contributed by atoms with Gasteiger partial charge in [-0.1, -0.05) is 30.3 Å². The number of hydrogen-bond acceptors (Lipinski definition) is 3. The van der Waals surface area contributed by atoms with Crippen molar-refractivity contribution in [2.75, 3.05) is 6.54 Å². The van der Waals surface area contributed by atoms with E-state index in [2.05, 4.69) is 68.3 Å². The molecule has 0 radical (unpaired) electrons. The molecule has 1 aromatic carbocycles. The summed E-state index contributed by atoms with van der Waals surface area (Å²) in [6, 6.07) is 10.8. The van der Waals surface area contributed by atoms with Crippen molar-refractivity contribution in [2.45, 2.75) is 46.1 Å². The van der Waals surface area contributed by atoms with Gasteiger partial charge in [0.25, 0.3) is 0 Å². The fraction of sp³-hybridized carbons (Fsp3) is 0.500. The van der Waals surface area contributed by atoms with Gasteiger partial charge < -0.3 is 5.32 Å². The van der Waals surface area contributed by atoms with E-state index in [9.17, 15) is 0 Å². The fourth-order valence-electron chi connectivity index (χ4n) is 2.40. The number of rotatable bonds is 6. The number of aromatic nitrogens is 1. The van der Waals surface area contributed by atoms with Crippen LogP contribution in [0.4, 0.5) is 0 Å². The fourth-order valence-corrected chi connectivity index (χ4v) is 3.31. The molecule has 0 amide bonds. The van der Waals surface area contributed by atoms with Gasteiger partial charge in [0.15, 0.2) is 0 Å². The molecule has 1 N–H and O–H groups in total. The first-order chi connectivity index (χ1) is 9.92. The smallest absolute Gasteiger partial charge is 0.0896 e. The van der Waals surface area contributed by atoms with Crippen molar-refractivity contribution in [3.8, 4) is 0 Å². The summed E-state index contributed by atoms with van der Waals surface area (Å²) in [4.78, 5) is 5.78. The largest absolute Gasteiger partial charge is 0.312 e. The van der Waals surface area contributed by atoms with E-state index >= 15 is 0 Å². The number of thiazole rings is 1. The first-order valence-electron chi connectivity index (χ1n) is 7.62. The number of hydrogen-bond donors (Lipinski definition) is 1. The minimum atomic E-state index is 0.165. The number of benzene rings is 1. The zero-order chi connectivity index (χ0) is 15.3. The van der Waals surface area contributed by atoms with Crippen LogP contribution in [0.3, 0.4) is 0 Å². The van der Waals surface area contributed by atoms with Gasteiger partial charge in [0.1, 0.15) is 0 Å². The maximum atomic E-state index is 4.38. The zero-order valence-electron chi connectivity index (χ0n) is 13.5. The molecule has 0 aliphatic carbocycles. The molecule has 1 aromatic heterocycles. The minimum Gasteiger partial charge on any atom is -0.312 e. The van der Waals surface area contributed by atoms with E-state index in [1.165, 1.54) is 10.4 Å². The minimum absolute atomic E-state index is 0.165. The molecule has 0 saturated carbocycles. The van der Waals surface area contributed by atoms with E-state index in [0.29, 0.717) is 5.92 Å². The van der Waals surface area contributed by atoms with Crippen LogP contribution in [-0.4, -0.2) is 17.1 Å². The highest BCUT2D eigenvalue weighted by Crippen LogP contribution is 2.19. The van der Waals surface area contributed by atoms with Crippen LogP contribution in [-0.2, 0) is 12.8 Å². The molecular weight excluding hydrogens is 276 g/mol. The highest BCUT2D eigenvalue weighted by Gasteiger charge is 2.16. The van der Waals surface area contributed by atoms with Crippen molar-refractivity contribution >= 4 is 11.3 Å². The lowest BCUT2D eigenvalue weighted by Crippen LogP contribution is -2.40. The van der Waals surface area contributed by atoms with E-state index in [4.69, 9.17) is 0 Å². The molecule has 0 aliphatic rings. The summed E-state index contributed by atoms with van der Waals surface area (Å²) in [6.07, 6.45) is 4.25. The highest BCUT2D eigenvalue weighted by atomic mass is 32.1. The van der Waals surface area contributed by atoms with Crippen LogP contribution in [0.25, 0.3) is 0 Å². The molecule has 2 nitrogen and oxygen atoms in total. The lowest BCUT2D eigenvalue weighted by molar-refractivity contribution is 0.368. The summed E-state index contributed by atoms with van der Waals surface area (Å²) in [5.41, 5.74) is 1.58. The van der Waals surface area contributed by atoms with Crippen LogP contribution in [0, 0.1) is 12.8 Å². The summed E-state index contributed by atoms with van der Waals surface area (Å²) in [5, 5.41) is 4.81. The van der Waals surface area contributed by atoms with Crippen LogP contribution in [0.5, 0.6) is 0 Å². The van der Waals surface area contributed by atoms with E-state index in [0.717, 1.165) is 24.4 Å². The maximum absolute atomic E-state index is 4.38. The third kappa shape index (κ3) is 5.98. The van der Waals surface area contributed by atoms with Gasteiger partial charge in [0, 0.05) is 16.6 Å². The van der Waals surface area contributed by atoms with Crippen LogP contribution in [0.15, 0.2) is 36.5 Å². The quantitative estimate of drug-likeness (QED) is 0.863. The molecule has 0 spiro atoms. The van der Waals surface area contributed by atoms with Gasteiger partial charge in [-0.2, -0.15) is 0 Å². The monoisotopic (exact) mass is 302 g/mol. The van der Waals surface area contributed by atoms with E-state index < -0.39 is 0 Å². The van der Waals surface area contributed by atoms with Gasteiger partial charge >= 0.3 is 0 Å². The van der Waals surface area contributed by atoms with E-state index in [-0.39, 0.29) is 5.54 Å². The number of aryl methyl sites for hydroxylation is 1. The van der Waals surface area contributed by atoms with Crippen molar-refractivity contribution in [1.82, 2.24) is 10.3 Å². The predicted octanol–water partition coefficient (Wildman–Crippen LogP) is 4.24. The van der Waals surface area contributed by atoms with Crippen molar-refractivity contribution in [3.63, 3.8) is 0 Å². The molecule has 0 aliphatic heterocycles. The summed E-state index contributed by atoms with van der Waals surface area (Å²) in [7, 11) is 0. The second-order valence-corrected chi connectivity index (χ2v) is 8.06. The molecule has 114 valence electrons. The zero-order valence-corrected chi connectivity index (χ0v) is 14.3. The number of nitrogens with zero attached hydrogens (tertiary/aromatic N) is 1. The molecule has 21 heavy (non-hydrogen) atoms. The topological polar surface area (TPSA) is 24.9 Å². The predicted molar refractivity (Wildman–Crippen MR) is 91.9 cm³/mol. The molecule has 1 heterocycles. The molecule has 1 unspecified atom stereocenters. The summed E-state index contributed by atoms with van der Waals surface area (Å²) in [5.74, 6) is 0.603. The Morgan fingerprint density at radius 1 is 1.14 bits per heavy atom. The summed E-state index contributed by atoms with van der Waals surface area (Å²) in [6.45, 7) is 9.79. The Labute approximate surface area is 132 Å². The lowest BCUT2D eigenvalue weighted by atomic mass is 9.94. The van der Waals surface area contributed by atoms with Crippen LogP contribution in [0.2, 0.25) is 0 Å². The molecule has 2 aromatic rings. The normalized spacial score (nSPS) is 13.3. The molecular formula is C18H26N2S. The Kier molecular flexibility index (Phi) is 5.54. The van der Waals surface area contributed by atoms with Gasteiger partial charge in [0.2, 0.25) is 0 Å². The van der Waals surface area contributed by atoms with Crippen LogP contribution in [0.1, 0.15) is 36.2 Å². The standard InChI is InChI=1S/C18H26N2S/c1-14-19-13-17(21-14)11-16(12-20-18(2,3)4)10-15-8-6-5-7-9-15/h5-9,13,16,20H,10-12H2,1-4H3. The average Bonchev–Trinajstić information content (AvgIpc) is 2.82. The van der Waals surface area contributed by atoms with Gasteiger partial charge in [0.05, 0.1) is 5.01 Å². The summed E-state index contributed by atoms with van der Waals surface area (Å²) < 4.78 is 0. The molecule has 1 atom stereocenters. The Balaban J connectivity index is 2.02. The van der Waals surface area contributed by atoms with E-state index in [1.807, 2.05) is 17.5 Å². The lowest BCUT2D eigenvalue weighted by Gasteiger charge is -2.25. The molecule has 0 bridgehead atoms. The van der Waals surface area contributed by atoms with Crippen LogP contribution < -0.4 is 5.32 Å². The van der Waals surface area contributed by atoms with E-state index in [1.54, 1.807) is 0 Å². The SMILES string of the molecule is Cc1ncc(CC(CNC(C)(C)C)Cc2ccccc2)s1. The highest BCUT2D eigenvalue weighted by molar-refractivity contribution is 7.11. The van der Waals surface area contributed by atoms with Gasteiger partial charge in [-0.3, -0.25) is 0 Å². The Hall–Kier alpha value is -1.19. The van der Waals surface area contributed by atoms with Crippen LogP contribution >= 0.6 is 11.3 Å². The Morgan fingerprint density at radius 3 is 2.43 bits per heavy atom. The number of nitrogens with one attached hydrogen (secondary N) is 1. The molecule has 2 rings (SSSR count). The van der Waals surface area contributed by atoms with Gasteiger partial charge in [-0.25, -0.2) is 4.98 Å². The molecule has 0 fully saturated rings. The first kappa shape index (κ1) is 16.2. The third-order valence-corrected chi connectivity index (χ3v) is 4.38. The van der Waals surface area contributed by atoms with Crippen molar-refractivity contribution < 1.29 is 0 Å².